The van der Waals surface area contributed by atoms with Gasteiger partial charge in [0.15, 0.2) is 6.61 Å². The lowest BCUT2D eigenvalue weighted by atomic mass is 10.2. The van der Waals surface area contributed by atoms with Gasteiger partial charge < -0.3 is 19.1 Å². The zero-order valence-electron chi connectivity index (χ0n) is 14.3. The van der Waals surface area contributed by atoms with Gasteiger partial charge in [-0.25, -0.2) is 0 Å². The van der Waals surface area contributed by atoms with Crippen LogP contribution in [0.2, 0.25) is 0 Å². The highest BCUT2D eigenvalue weighted by molar-refractivity contribution is 6.01. The Kier molecular flexibility index (Phi) is 5.02. The van der Waals surface area contributed by atoms with Gasteiger partial charge in [0, 0.05) is 24.8 Å². The molecule has 1 saturated heterocycles. The molecule has 2 amide bonds. The molecule has 1 aliphatic rings. The number of anilines is 1. The molecule has 0 unspecified atom stereocenters. The maximum atomic E-state index is 12.8. The molecule has 1 fully saturated rings. The first-order valence-corrected chi connectivity index (χ1v) is 8.32. The molecule has 0 N–H and O–H groups in total. The largest absolute Gasteiger partial charge is 0.465 e. The van der Waals surface area contributed by atoms with Crippen LogP contribution in [-0.2, 0) is 9.59 Å². The third-order valence-electron chi connectivity index (χ3n) is 4.23. The molecule has 1 aliphatic heterocycles. The molecule has 25 heavy (non-hydrogen) atoms. The Morgan fingerprint density at radius 1 is 1.40 bits per heavy atom. The van der Waals surface area contributed by atoms with Crippen LogP contribution in [0.15, 0.2) is 40.9 Å². The molecule has 0 aliphatic carbocycles. The molecule has 1 atom stereocenters. The third-order valence-corrected chi connectivity index (χ3v) is 4.23. The lowest BCUT2D eigenvalue weighted by molar-refractivity contribution is -0.139. The highest BCUT2D eigenvalue weighted by Gasteiger charge is 2.38. The number of aromatic nitrogens is 1. The highest BCUT2D eigenvalue weighted by Crippen LogP contribution is 2.24. The molecule has 7 heteroatoms. The number of hydrogen-bond donors (Lipinski definition) is 0. The van der Waals surface area contributed by atoms with Crippen molar-refractivity contribution in [3.63, 3.8) is 0 Å². The minimum atomic E-state index is -0.458. The van der Waals surface area contributed by atoms with Crippen LogP contribution in [0.5, 0.6) is 5.88 Å². The molecule has 0 bridgehead atoms. The summed E-state index contributed by atoms with van der Waals surface area (Å²) in [4.78, 5) is 28.5. The third kappa shape index (κ3) is 3.65. The average molecular weight is 343 g/mol. The zero-order chi connectivity index (χ0) is 17.8. The van der Waals surface area contributed by atoms with Gasteiger partial charge in [-0.2, -0.15) is 0 Å². The van der Waals surface area contributed by atoms with E-state index in [-0.39, 0.29) is 24.3 Å². The highest BCUT2D eigenvalue weighted by atomic mass is 16.5. The smallest absolute Gasteiger partial charge is 0.261 e. The second-order valence-electron chi connectivity index (χ2n) is 5.87. The predicted octanol–water partition coefficient (Wildman–Crippen LogP) is 2.02. The second kappa shape index (κ2) is 7.38. The fourth-order valence-corrected chi connectivity index (χ4v) is 3.02. The molecule has 1 aromatic heterocycles. The first-order valence-electron chi connectivity index (χ1n) is 8.32. The number of aryl methyl sites for hydroxylation is 1. The van der Waals surface area contributed by atoms with Crippen molar-refractivity contribution in [2.75, 3.05) is 24.6 Å². The Balaban J connectivity index is 1.64. The van der Waals surface area contributed by atoms with Gasteiger partial charge in [0.05, 0.1) is 0 Å². The van der Waals surface area contributed by atoms with Gasteiger partial charge in [-0.1, -0.05) is 18.2 Å². The number of rotatable bonds is 6. The van der Waals surface area contributed by atoms with E-state index in [1.165, 1.54) is 0 Å². The predicted molar refractivity (Wildman–Crippen MR) is 91.3 cm³/mol. The summed E-state index contributed by atoms with van der Waals surface area (Å²) >= 11 is 0. The Labute approximate surface area is 146 Å². The minimum Gasteiger partial charge on any atom is -0.465 e. The summed E-state index contributed by atoms with van der Waals surface area (Å²) < 4.78 is 10.3. The summed E-state index contributed by atoms with van der Waals surface area (Å²) in [6.45, 7) is 4.47. The number of likely N-dealkylation sites (N-methyl/N-ethyl adjacent to an activating group) is 1. The Morgan fingerprint density at radius 2 is 2.16 bits per heavy atom. The van der Waals surface area contributed by atoms with E-state index in [4.69, 9.17) is 9.26 Å². The standard InChI is InChI=1S/C18H21N3O4/c1-3-20(17(22)12-24-16-11-13(2)25-19-16)15-9-10-21(18(15)23)14-7-5-4-6-8-14/h4-8,11,15H,3,9-10,12H2,1-2H3/t15-/m0/s1. The summed E-state index contributed by atoms with van der Waals surface area (Å²) in [5, 5.41) is 3.69. The van der Waals surface area contributed by atoms with Crippen LogP contribution >= 0.6 is 0 Å². The van der Waals surface area contributed by atoms with E-state index in [1.54, 1.807) is 22.8 Å². The quantitative estimate of drug-likeness (QED) is 0.802. The van der Waals surface area contributed by atoms with Crippen molar-refractivity contribution < 1.29 is 18.8 Å². The summed E-state index contributed by atoms with van der Waals surface area (Å²) in [6.07, 6.45) is 0.608. The number of para-hydroxylation sites is 1. The van der Waals surface area contributed by atoms with Crippen molar-refractivity contribution in [2.45, 2.75) is 26.3 Å². The van der Waals surface area contributed by atoms with Crippen molar-refractivity contribution >= 4 is 17.5 Å². The maximum Gasteiger partial charge on any atom is 0.261 e. The first-order chi connectivity index (χ1) is 12.1. The molecular weight excluding hydrogens is 322 g/mol. The lowest BCUT2D eigenvalue weighted by Crippen LogP contribution is -2.47. The second-order valence-corrected chi connectivity index (χ2v) is 5.87. The molecule has 2 aromatic rings. The molecule has 0 spiro atoms. The number of carbonyl (C=O) groups is 2. The molecule has 7 nitrogen and oxygen atoms in total. The van der Waals surface area contributed by atoms with Gasteiger partial charge in [-0.3, -0.25) is 9.59 Å². The Bertz CT molecular complexity index is 744. The van der Waals surface area contributed by atoms with Gasteiger partial charge in [0.1, 0.15) is 11.8 Å². The number of benzene rings is 1. The van der Waals surface area contributed by atoms with Crippen molar-refractivity contribution in [3.8, 4) is 5.88 Å². The number of ether oxygens (including phenoxy) is 1. The topological polar surface area (TPSA) is 75.9 Å². The van der Waals surface area contributed by atoms with Gasteiger partial charge >= 0.3 is 0 Å². The SMILES string of the molecule is CCN(C(=O)COc1cc(C)on1)[C@H]1CCN(c2ccccc2)C1=O. The molecule has 2 heterocycles. The Morgan fingerprint density at radius 3 is 2.80 bits per heavy atom. The van der Waals surface area contributed by atoms with E-state index in [0.717, 1.165) is 5.69 Å². The van der Waals surface area contributed by atoms with Crippen LogP contribution < -0.4 is 9.64 Å². The number of hydrogen-bond acceptors (Lipinski definition) is 5. The first kappa shape index (κ1) is 17.0. The molecule has 3 rings (SSSR count). The van der Waals surface area contributed by atoms with Gasteiger partial charge in [0.25, 0.3) is 11.8 Å². The number of nitrogens with zero attached hydrogens (tertiary/aromatic N) is 3. The van der Waals surface area contributed by atoms with Gasteiger partial charge in [-0.05, 0) is 37.6 Å². The van der Waals surface area contributed by atoms with E-state index < -0.39 is 6.04 Å². The van der Waals surface area contributed by atoms with E-state index in [9.17, 15) is 9.59 Å². The lowest BCUT2D eigenvalue weighted by Gasteiger charge is -2.26. The van der Waals surface area contributed by atoms with E-state index in [1.807, 2.05) is 37.3 Å². The van der Waals surface area contributed by atoms with E-state index in [0.29, 0.717) is 25.3 Å². The summed E-state index contributed by atoms with van der Waals surface area (Å²) in [5.41, 5.74) is 0.854. The van der Waals surface area contributed by atoms with Crippen LogP contribution in [0.4, 0.5) is 5.69 Å². The van der Waals surface area contributed by atoms with Crippen LogP contribution in [0.1, 0.15) is 19.1 Å². The Hall–Kier alpha value is -2.83. The van der Waals surface area contributed by atoms with Gasteiger partial charge in [0.2, 0.25) is 5.91 Å². The molecule has 1 aromatic carbocycles. The monoisotopic (exact) mass is 343 g/mol. The number of amides is 2. The van der Waals surface area contributed by atoms with Crippen molar-refractivity contribution in [1.29, 1.82) is 0 Å². The average Bonchev–Trinajstić information content (AvgIpc) is 3.21. The summed E-state index contributed by atoms with van der Waals surface area (Å²) in [5.74, 6) is 0.583. The minimum absolute atomic E-state index is 0.0568. The number of carbonyl (C=O) groups excluding carboxylic acids is 2. The zero-order valence-corrected chi connectivity index (χ0v) is 14.3. The molecule has 132 valence electrons. The van der Waals surface area contributed by atoms with Crippen LogP contribution in [0.25, 0.3) is 0 Å². The molecule has 0 radical (unpaired) electrons. The van der Waals surface area contributed by atoms with Crippen LogP contribution in [0, 0.1) is 6.92 Å². The fraction of sp³-hybridized carbons (Fsp3) is 0.389. The maximum absolute atomic E-state index is 12.8. The summed E-state index contributed by atoms with van der Waals surface area (Å²) in [7, 11) is 0. The molecular formula is C18H21N3O4. The van der Waals surface area contributed by atoms with Gasteiger partial charge in [-0.15, -0.1) is 0 Å². The van der Waals surface area contributed by atoms with Crippen molar-refractivity contribution in [3.05, 3.63) is 42.2 Å². The summed E-state index contributed by atoms with van der Waals surface area (Å²) in [6, 6.07) is 10.6. The van der Waals surface area contributed by atoms with Crippen LogP contribution in [-0.4, -0.2) is 47.6 Å². The van der Waals surface area contributed by atoms with Crippen molar-refractivity contribution in [1.82, 2.24) is 10.1 Å². The van der Waals surface area contributed by atoms with Crippen LogP contribution in [0.3, 0.4) is 0 Å². The fourth-order valence-electron chi connectivity index (χ4n) is 3.02. The normalized spacial score (nSPS) is 17.0. The van der Waals surface area contributed by atoms with E-state index in [2.05, 4.69) is 5.16 Å². The molecule has 0 saturated carbocycles. The van der Waals surface area contributed by atoms with Crippen molar-refractivity contribution in [2.24, 2.45) is 0 Å². The van der Waals surface area contributed by atoms with E-state index >= 15 is 0 Å².